The molecule has 6 heteroatoms. The summed E-state index contributed by atoms with van der Waals surface area (Å²) in [6, 6.07) is 8.32. The average molecular weight is 426 g/mol. The Labute approximate surface area is 180 Å². The number of thiophene rings is 1. The lowest BCUT2D eigenvalue weighted by atomic mass is 9.88. The molecule has 2 aliphatic rings. The van der Waals surface area contributed by atoms with E-state index in [1.807, 2.05) is 6.07 Å². The van der Waals surface area contributed by atoms with Gasteiger partial charge in [-0.2, -0.15) is 0 Å². The maximum Gasteiger partial charge on any atom is 0.228 e. The lowest BCUT2D eigenvalue weighted by Crippen LogP contribution is -2.29. The molecule has 0 bridgehead atoms. The molecule has 1 N–H and O–H groups in total. The number of nitrogens with one attached hydrogen (secondary N) is 1. The summed E-state index contributed by atoms with van der Waals surface area (Å²) in [6.45, 7) is 5.35. The summed E-state index contributed by atoms with van der Waals surface area (Å²) >= 11 is 3.51. The van der Waals surface area contributed by atoms with Crippen LogP contribution in [0, 0.1) is 5.92 Å². The highest BCUT2D eigenvalue weighted by atomic mass is 32.1. The van der Waals surface area contributed by atoms with Gasteiger partial charge in [-0.25, -0.2) is 4.98 Å². The molecule has 0 spiro atoms. The fourth-order valence-electron chi connectivity index (χ4n) is 4.60. The number of carbonyl (C=O) groups is 1. The van der Waals surface area contributed by atoms with Crippen LogP contribution in [-0.4, -0.2) is 28.9 Å². The first-order valence-electron chi connectivity index (χ1n) is 10.8. The van der Waals surface area contributed by atoms with Crippen molar-refractivity contribution in [2.24, 2.45) is 5.92 Å². The molecule has 1 aliphatic heterocycles. The van der Waals surface area contributed by atoms with Crippen molar-refractivity contribution in [2.45, 2.75) is 52.0 Å². The van der Waals surface area contributed by atoms with Gasteiger partial charge in [-0.3, -0.25) is 9.69 Å². The molecule has 2 aromatic heterocycles. The number of likely N-dealkylation sites (N-methyl/N-ethyl adjacent to an activating group) is 1. The summed E-state index contributed by atoms with van der Waals surface area (Å²) in [5.41, 5.74) is 3.63. The Hall–Kier alpha value is -1.76. The van der Waals surface area contributed by atoms with Crippen LogP contribution in [0.2, 0.25) is 0 Å². The van der Waals surface area contributed by atoms with Crippen LogP contribution in [0.4, 0.5) is 5.00 Å². The Balaban J connectivity index is 1.54. The standard InChI is InChI=1S/C23H27N3OS2/c1-2-26-13-12-16-19(14-26)29-23(25-21(27)15-8-4-3-5-9-15)20(16)22-24-17-10-6-7-11-18(17)28-22/h6-7,10-11,15H,2-5,8-9,12-14H2,1H3,(H,25,27). The Morgan fingerprint density at radius 2 is 2.03 bits per heavy atom. The van der Waals surface area contributed by atoms with E-state index in [0.29, 0.717) is 0 Å². The van der Waals surface area contributed by atoms with Crippen molar-refractivity contribution < 1.29 is 4.79 Å². The molecule has 0 atom stereocenters. The highest BCUT2D eigenvalue weighted by molar-refractivity contribution is 7.22. The number of benzene rings is 1. The number of rotatable bonds is 4. The zero-order valence-corrected chi connectivity index (χ0v) is 18.5. The Kier molecular flexibility index (Phi) is 5.41. The van der Waals surface area contributed by atoms with Gasteiger partial charge < -0.3 is 5.32 Å². The Morgan fingerprint density at radius 3 is 2.83 bits per heavy atom. The summed E-state index contributed by atoms with van der Waals surface area (Å²) in [6.07, 6.45) is 6.70. The van der Waals surface area contributed by atoms with E-state index in [2.05, 4.69) is 35.3 Å². The van der Waals surface area contributed by atoms with Crippen molar-refractivity contribution in [3.8, 4) is 10.6 Å². The van der Waals surface area contributed by atoms with Crippen LogP contribution in [0.3, 0.4) is 0 Å². The molecule has 152 valence electrons. The molecule has 1 aromatic carbocycles. The van der Waals surface area contributed by atoms with E-state index < -0.39 is 0 Å². The maximum absolute atomic E-state index is 13.0. The zero-order chi connectivity index (χ0) is 19.8. The van der Waals surface area contributed by atoms with E-state index >= 15 is 0 Å². The van der Waals surface area contributed by atoms with Gasteiger partial charge in [0.05, 0.1) is 10.2 Å². The number of para-hydroxylation sites is 1. The third-order valence-electron chi connectivity index (χ3n) is 6.30. The molecular formula is C23H27N3OS2. The van der Waals surface area contributed by atoms with Crippen molar-refractivity contribution in [3.63, 3.8) is 0 Å². The summed E-state index contributed by atoms with van der Waals surface area (Å²) < 4.78 is 1.21. The van der Waals surface area contributed by atoms with E-state index in [1.165, 1.54) is 40.0 Å². The van der Waals surface area contributed by atoms with Crippen LogP contribution in [0.15, 0.2) is 24.3 Å². The largest absolute Gasteiger partial charge is 0.317 e. The van der Waals surface area contributed by atoms with E-state index in [1.54, 1.807) is 22.7 Å². The van der Waals surface area contributed by atoms with Crippen LogP contribution in [0.25, 0.3) is 20.8 Å². The molecule has 3 heterocycles. The Morgan fingerprint density at radius 1 is 1.21 bits per heavy atom. The van der Waals surface area contributed by atoms with Crippen molar-refractivity contribution >= 4 is 43.8 Å². The van der Waals surface area contributed by atoms with E-state index in [-0.39, 0.29) is 11.8 Å². The van der Waals surface area contributed by atoms with Gasteiger partial charge in [-0.1, -0.05) is 38.3 Å². The molecule has 1 saturated carbocycles. The smallest absolute Gasteiger partial charge is 0.228 e. The molecule has 3 aromatic rings. The van der Waals surface area contributed by atoms with E-state index in [9.17, 15) is 4.79 Å². The van der Waals surface area contributed by atoms with E-state index in [0.717, 1.165) is 54.4 Å². The van der Waals surface area contributed by atoms with Crippen molar-refractivity contribution in [1.29, 1.82) is 0 Å². The lowest BCUT2D eigenvalue weighted by molar-refractivity contribution is -0.120. The second kappa shape index (κ2) is 8.17. The zero-order valence-electron chi connectivity index (χ0n) is 16.9. The molecule has 1 aliphatic carbocycles. The van der Waals surface area contributed by atoms with E-state index in [4.69, 9.17) is 4.98 Å². The van der Waals surface area contributed by atoms with Crippen LogP contribution < -0.4 is 5.32 Å². The number of amides is 1. The first-order valence-corrected chi connectivity index (χ1v) is 12.4. The number of carbonyl (C=O) groups excluding carboxylic acids is 1. The third kappa shape index (κ3) is 3.74. The number of aromatic nitrogens is 1. The van der Waals surface area contributed by atoms with Crippen LogP contribution in [0.5, 0.6) is 0 Å². The summed E-state index contributed by atoms with van der Waals surface area (Å²) in [5, 5.41) is 5.41. The minimum atomic E-state index is 0.165. The second-order valence-electron chi connectivity index (χ2n) is 8.14. The molecule has 1 amide bonds. The number of thiazole rings is 1. The van der Waals surface area contributed by atoms with Gasteiger partial charge in [-0.15, -0.1) is 22.7 Å². The van der Waals surface area contributed by atoms with Crippen LogP contribution >= 0.6 is 22.7 Å². The first kappa shape index (κ1) is 19.2. The molecule has 0 unspecified atom stereocenters. The van der Waals surface area contributed by atoms with Gasteiger partial charge in [-0.05, 0) is 43.5 Å². The predicted octanol–water partition coefficient (Wildman–Crippen LogP) is 5.92. The summed E-state index contributed by atoms with van der Waals surface area (Å²) in [5.74, 6) is 0.372. The van der Waals surface area contributed by atoms with Crippen molar-refractivity contribution in [2.75, 3.05) is 18.4 Å². The van der Waals surface area contributed by atoms with Crippen LogP contribution in [-0.2, 0) is 17.8 Å². The fourth-order valence-corrected chi connectivity index (χ4v) is 7.00. The van der Waals surface area contributed by atoms with Gasteiger partial charge in [0.25, 0.3) is 0 Å². The number of hydrogen-bond acceptors (Lipinski definition) is 5. The number of anilines is 1. The molecule has 0 saturated heterocycles. The van der Waals surface area contributed by atoms with Gasteiger partial charge in [0, 0.05) is 29.4 Å². The van der Waals surface area contributed by atoms with Gasteiger partial charge in [0.15, 0.2) is 0 Å². The fraction of sp³-hybridized carbons (Fsp3) is 0.478. The minimum Gasteiger partial charge on any atom is -0.317 e. The molecular weight excluding hydrogens is 398 g/mol. The number of hydrogen-bond donors (Lipinski definition) is 1. The van der Waals surface area contributed by atoms with Crippen molar-refractivity contribution in [1.82, 2.24) is 9.88 Å². The topological polar surface area (TPSA) is 45.2 Å². The normalized spacial score (nSPS) is 18.1. The van der Waals surface area contributed by atoms with Gasteiger partial charge in [0.2, 0.25) is 5.91 Å². The Bertz CT molecular complexity index is 999. The third-order valence-corrected chi connectivity index (χ3v) is 8.49. The predicted molar refractivity (Wildman–Crippen MR) is 123 cm³/mol. The molecule has 4 nitrogen and oxygen atoms in total. The average Bonchev–Trinajstić information content (AvgIpc) is 3.34. The quantitative estimate of drug-likeness (QED) is 0.564. The lowest BCUT2D eigenvalue weighted by Gasteiger charge is -2.25. The molecule has 1 fully saturated rings. The summed E-state index contributed by atoms with van der Waals surface area (Å²) in [4.78, 5) is 21.8. The molecule has 29 heavy (non-hydrogen) atoms. The highest BCUT2D eigenvalue weighted by Crippen LogP contribution is 2.46. The number of nitrogens with zero attached hydrogens (tertiary/aromatic N) is 2. The SMILES string of the molecule is CCN1CCc2c(sc(NC(=O)C3CCCCC3)c2-c2nc3ccccc3s2)C1. The minimum absolute atomic E-state index is 0.165. The molecule has 0 radical (unpaired) electrons. The summed E-state index contributed by atoms with van der Waals surface area (Å²) in [7, 11) is 0. The number of fused-ring (bicyclic) bond motifs is 2. The monoisotopic (exact) mass is 425 g/mol. The molecule has 5 rings (SSSR count). The van der Waals surface area contributed by atoms with Gasteiger partial charge in [0.1, 0.15) is 10.0 Å². The second-order valence-corrected chi connectivity index (χ2v) is 10.3. The maximum atomic E-state index is 13.0. The van der Waals surface area contributed by atoms with Crippen LogP contribution in [0.1, 0.15) is 49.5 Å². The van der Waals surface area contributed by atoms with Gasteiger partial charge >= 0.3 is 0 Å². The van der Waals surface area contributed by atoms with Crippen molar-refractivity contribution in [3.05, 3.63) is 34.7 Å². The first-order chi connectivity index (χ1) is 14.2. The highest BCUT2D eigenvalue weighted by Gasteiger charge is 2.29.